The number of imidazole rings is 2. The van der Waals surface area contributed by atoms with Gasteiger partial charge in [0.25, 0.3) is 5.56 Å². The van der Waals surface area contributed by atoms with E-state index < -0.39 is 80.9 Å². The van der Waals surface area contributed by atoms with Crippen LogP contribution >= 0.6 is 25.8 Å². The number of anilines is 2. The molecule has 0 spiro atoms. The molecule has 2 unspecified atom stereocenters. The molecule has 4 aromatic rings. The molecular weight excluding hydrogens is 697 g/mol. The smallest absolute Gasteiger partial charge is 0.386 e. The summed E-state index contributed by atoms with van der Waals surface area (Å²) in [6, 6.07) is 0. The number of H-pyrrole nitrogens is 1. The van der Waals surface area contributed by atoms with Crippen molar-refractivity contribution in [3.63, 3.8) is 0 Å². The quantitative estimate of drug-likeness (QED) is 0.118. The van der Waals surface area contributed by atoms with Gasteiger partial charge in [-0.15, -0.1) is 0 Å². The zero-order valence-corrected chi connectivity index (χ0v) is 26.7. The van der Waals surface area contributed by atoms with E-state index in [9.17, 15) is 19.4 Å². The molecule has 3 aliphatic rings. The molecule has 0 aliphatic carbocycles. The molecule has 3 saturated heterocycles. The maximum absolute atomic E-state index is 16.1. The summed E-state index contributed by atoms with van der Waals surface area (Å²) in [6.07, 6.45) is -9.83. The van der Waals surface area contributed by atoms with Crippen molar-refractivity contribution in [2.45, 2.75) is 62.2 Å². The molecule has 0 bridgehead atoms. The van der Waals surface area contributed by atoms with Gasteiger partial charge in [-0.2, -0.15) is 4.98 Å². The van der Waals surface area contributed by atoms with Gasteiger partial charge in [-0.3, -0.25) is 32.5 Å². The number of ether oxygens (including phenoxy) is 2. The lowest BCUT2D eigenvalue weighted by Crippen LogP contribution is -2.41. The van der Waals surface area contributed by atoms with Crippen molar-refractivity contribution < 1.29 is 46.5 Å². The average molecular weight is 723 g/mol. The number of hydrogen-bond donors (Lipinski definition) is 6. The number of aliphatic hydroxyl groups is 1. The molecule has 3 aliphatic heterocycles. The Morgan fingerprint density at radius 3 is 2.52 bits per heavy atom. The Labute approximate surface area is 266 Å². The fourth-order valence-corrected chi connectivity index (χ4v) is 8.90. The number of aromatic nitrogens is 8. The summed E-state index contributed by atoms with van der Waals surface area (Å²) in [5.74, 6) is -0.172. The van der Waals surface area contributed by atoms with Crippen molar-refractivity contribution in [1.29, 1.82) is 0 Å². The van der Waals surface area contributed by atoms with Gasteiger partial charge in [0.15, 0.2) is 41.3 Å². The highest BCUT2D eigenvalue weighted by atomic mass is 32.7. The van der Waals surface area contributed by atoms with Gasteiger partial charge in [0.2, 0.25) is 5.95 Å². The molecule has 7 N–H and O–H groups in total. The first kappa shape index (κ1) is 31.9. The summed E-state index contributed by atoms with van der Waals surface area (Å²) in [5.41, 5.74) is 11.1. The van der Waals surface area contributed by atoms with E-state index in [2.05, 4.69) is 42.2 Å². The number of rotatable bonds is 2. The van der Waals surface area contributed by atoms with Gasteiger partial charge in [-0.05, 0) is 18.7 Å². The predicted molar refractivity (Wildman–Crippen MR) is 160 cm³/mol. The second-order valence-electron chi connectivity index (χ2n) is 10.5. The summed E-state index contributed by atoms with van der Waals surface area (Å²) in [5, 5.41) is 11.3. The molecular formula is C21H25FN10O10P2S2. The van der Waals surface area contributed by atoms with E-state index in [1.807, 2.05) is 0 Å². The van der Waals surface area contributed by atoms with Crippen molar-refractivity contribution in [2.75, 3.05) is 18.1 Å². The molecule has 0 aromatic carbocycles. The molecule has 25 heteroatoms. The van der Waals surface area contributed by atoms with Crippen LogP contribution in [0.4, 0.5) is 16.2 Å². The zero-order valence-electron chi connectivity index (χ0n) is 23.2. The maximum Gasteiger partial charge on any atom is 0.386 e. The number of aliphatic hydroxyl groups excluding tert-OH is 1. The van der Waals surface area contributed by atoms with Crippen molar-refractivity contribution in [3.05, 3.63) is 29.3 Å². The molecule has 7 heterocycles. The fraction of sp³-hybridized carbons (Fsp3) is 0.524. The van der Waals surface area contributed by atoms with E-state index in [0.29, 0.717) is 0 Å². The normalized spacial score (nSPS) is 38.8. The second-order valence-corrected chi connectivity index (χ2v) is 16.2. The predicted octanol–water partition coefficient (Wildman–Crippen LogP) is 0.0781. The summed E-state index contributed by atoms with van der Waals surface area (Å²) < 4.78 is 66.5. The van der Waals surface area contributed by atoms with Gasteiger partial charge in [-0.1, -0.05) is 12.2 Å². The third-order valence-corrected chi connectivity index (χ3v) is 10.8. The van der Waals surface area contributed by atoms with E-state index in [1.54, 1.807) is 0 Å². The van der Waals surface area contributed by atoms with E-state index in [4.69, 9.17) is 50.8 Å². The molecule has 4 aromatic heterocycles. The Bertz CT molecular complexity index is 1980. The van der Waals surface area contributed by atoms with Crippen LogP contribution in [0.5, 0.6) is 0 Å². The van der Waals surface area contributed by atoms with E-state index >= 15 is 4.39 Å². The van der Waals surface area contributed by atoms with Crippen LogP contribution in [0.2, 0.25) is 0 Å². The standard InChI is InChI=1S/C21H25FN10O10P2S2/c1-6-12-14(11(33)20(39-12)32-5-28-10-17(32)29-21(24)30-18(10)34)42-43(35,45)37-2-7-13(41-44(36,46)40-6)8(22)19(38-7)31-4-27-9-15(23)25-3-26-16(9)31/h3-8,11-14,19-20,33H,2H2,1H3,(H,35,45)(H,36,46)(H2,23,25,26)(H3,24,29,30,34)/t6-,7-,8-,11-,12-,13-,14+,19-,20-,43?,44?/m1/s1. The lowest BCUT2D eigenvalue weighted by molar-refractivity contribution is -0.0793. The Kier molecular flexibility index (Phi) is 7.98. The largest absolute Gasteiger partial charge is 0.386 e. The summed E-state index contributed by atoms with van der Waals surface area (Å²) in [4.78, 5) is 45.9. The molecule has 3 fully saturated rings. The van der Waals surface area contributed by atoms with Crippen LogP contribution in [0.15, 0.2) is 23.8 Å². The molecule has 0 saturated carbocycles. The minimum Gasteiger partial charge on any atom is -0.386 e. The van der Waals surface area contributed by atoms with Crippen LogP contribution in [-0.2, 0) is 43.9 Å². The summed E-state index contributed by atoms with van der Waals surface area (Å²) >= 11 is 9.30. The SMILES string of the molecule is C[C@H]1OP(O)(=S)O[C@H]2[C@@H](F)[C@H](n3cnc4c(N)ncnc43)O[C@@H]2COP(=O)(S)O[C@H]2[C@@H](O)[C@H](n3cnc4c(=O)[nH]c(N)nc43)O[C@@H]21. The van der Waals surface area contributed by atoms with E-state index in [0.717, 1.165) is 6.33 Å². The topological polar surface area (TPSA) is 272 Å². The highest BCUT2D eigenvalue weighted by molar-refractivity contribution is 8.44. The first-order chi connectivity index (χ1) is 21.7. The number of thiol groups is 1. The molecule has 20 nitrogen and oxygen atoms in total. The Balaban J connectivity index is 1.20. The number of fused-ring (bicyclic) bond motifs is 4. The van der Waals surface area contributed by atoms with Crippen LogP contribution in [0.25, 0.3) is 22.3 Å². The number of nitrogens with two attached hydrogens (primary N) is 2. The second kappa shape index (κ2) is 11.5. The van der Waals surface area contributed by atoms with Gasteiger partial charge >= 0.3 is 13.5 Å². The number of nitrogen functional groups attached to an aromatic ring is 2. The third kappa shape index (κ3) is 5.53. The Morgan fingerprint density at radius 2 is 1.76 bits per heavy atom. The minimum absolute atomic E-state index is 0.0366. The van der Waals surface area contributed by atoms with Gasteiger partial charge in [0.05, 0.1) is 25.4 Å². The number of nitrogens with zero attached hydrogens (tertiary/aromatic N) is 7. The van der Waals surface area contributed by atoms with Crippen LogP contribution in [0.3, 0.4) is 0 Å². The minimum atomic E-state index is -4.38. The lowest BCUT2D eigenvalue weighted by Gasteiger charge is -2.32. The first-order valence-corrected chi connectivity index (χ1v) is 18.7. The number of halogens is 1. The Hall–Kier alpha value is -2.66. The molecule has 7 rings (SSSR count). The van der Waals surface area contributed by atoms with Crippen molar-refractivity contribution >= 4 is 71.7 Å². The molecule has 0 radical (unpaired) electrons. The fourth-order valence-electron chi connectivity index (χ4n) is 5.57. The zero-order chi connectivity index (χ0) is 32.7. The lowest BCUT2D eigenvalue weighted by atomic mass is 10.1. The summed E-state index contributed by atoms with van der Waals surface area (Å²) in [6.45, 7) is -7.91. The number of aromatic amines is 1. The van der Waals surface area contributed by atoms with Gasteiger partial charge < -0.3 is 35.5 Å². The maximum atomic E-state index is 16.1. The van der Waals surface area contributed by atoms with Crippen molar-refractivity contribution in [2.24, 2.45) is 0 Å². The monoisotopic (exact) mass is 722 g/mol. The van der Waals surface area contributed by atoms with Gasteiger partial charge in [-0.25, -0.2) is 28.9 Å². The number of alkyl halides is 1. The molecule has 0 amide bonds. The highest BCUT2D eigenvalue weighted by Crippen LogP contribution is 2.59. The van der Waals surface area contributed by atoms with Crippen LogP contribution < -0.4 is 17.0 Å². The number of hydrogen-bond acceptors (Lipinski definition) is 17. The first-order valence-electron chi connectivity index (χ1n) is 13.4. The van der Waals surface area contributed by atoms with Gasteiger partial charge in [0.1, 0.15) is 42.4 Å². The number of nitrogens with one attached hydrogen (secondary N) is 1. The van der Waals surface area contributed by atoms with Crippen LogP contribution in [0.1, 0.15) is 19.4 Å². The molecule has 11 atom stereocenters. The third-order valence-electron chi connectivity index (χ3n) is 7.58. The van der Waals surface area contributed by atoms with Crippen LogP contribution in [-0.4, -0.2) is 98.4 Å². The Morgan fingerprint density at radius 1 is 1.04 bits per heavy atom. The van der Waals surface area contributed by atoms with E-state index in [-0.39, 0.29) is 34.1 Å². The van der Waals surface area contributed by atoms with Crippen LogP contribution in [0, 0.1) is 0 Å². The van der Waals surface area contributed by atoms with Crippen molar-refractivity contribution in [3.8, 4) is 0 Å². The average Bonchev–Trinajstić information content (AvgIpc) is 3.73. The summed E-state index contributed by atoms with van der Waals surface area (Å²) in [7, 11) is 0. The van der Waals surface area contributed by atoms with Gasteiger partial charge in [0, 0.05) is 0 Å². The molecule has 46 heavy (non-hydrogen) atoms. The van der Waals surface area contributed by atoms with E-state index in [1.165, 1.54) is 28.7 Å². The molecule has 248 valence electrons. The van der Waals surface area contributed by atoms with Crippen molar-refractivity contribution in [1.82, 2.24) is 39.0 Å². The highest BCUT2D eigenvalue weighted by Gasteiger charge is 2.55.